The van der Waals surface area contributed by atoms with Gasteiger partial charge in [-0.05, 0) is 31.2 Å². The summed E-state index contributed by atoms with van der Waals surface area (Å²) in [5.41, 5.74) is 0. The summed E-state index contributed by atoms with van der Waals surface area (Å²) in [6.45, 7) is 4.05. The number of likely N-dealkylation sites (tertiary alicyclic amines) is 1. The third-order valence-corrected chi connectivity index (χ3v) is 5.03. The number of amides is 2. The fourth-order valence-electron chi connectivity index (χ4n) is 3.03. The van der Waals surface area contributed by atoms with Crippen LogP contribution in [0.25, 0.3) is 0 Å². The summed E-state index contributed by atoms with van der Waals surface area (Å²) in [6.07, 6.45) is 1.96. The van der Waals surface area contributed by atoms with Crippen LogP contribution in [0.4, 0.5) is 4.79 Å². The van der Waals surface area contributed by atoms with Crippen molar-refractivity contribution in [1.82, 2.24) is 9.80 Å². The summed E-state index contributed by atoms with van der Waals surface area (Å²) in [6, 6.07) is 4.18. The molecule has 0 radical (unpaired) electrons. The highest BCUT2D eigenvalue weighted by atomic mass is 32.1. The minimum atomic E-state index is -0.203. The maximum Gasteiger partial charge on any atom is 0.410 e. The Morgan fingerprint density at radius 2 is 2.19 bits per heavy atom. The fraction of sp³-hybridized carbons (Fsp3) is 0.600. The second kappa shape index (κ2) is 6.05. The summed E-state index contributed by atoms with van der Waals surface area (Å²) in [5.74, 6) is 0.188. The first-order chi connectivity index (χ1) is 10.1. The van der Waals surface area contributed by atoms with E-state index in [-0.39, 0.29) is 24.1 Å². The van der Waals surface area contributed by atoms with E-state index in [4.69, 9.17) is 4.74 Å². The predicted octanol–water partition coefficient (Wildman–Crippen LogP) is 2.12. The second-order valence-corrected chi connectivity index (χ2v) is 6.75. The van der Waals surface area contributed by atoms with Gasteiger partial charge >= 0.3 is 6.09 Å². The van der Waals surface area contributed by atoms with Gasteiger partial charge in [0.05, 0.1) is 13.0 Å². The van der Waals surface area contributed by atoms with Crippen LogP contribution in [0.2, 0.25) is 0 Å². The van der Waals surface area contributed by atoms with Crippen LogP contribution in [0.15, 0.2) is 17.5 Å². The van der Waals surface area contributed by atoms with Gasteiger partial charge in [0.25, 0.3) is 0 Å². The van der Waals surface area contributed by atoms with Crippen LogP contribution in [0.1, 0.15) is 24.6 Å². The number of hydrogen-bond donors (Lipinski definition) is 0. The zero-order valence-electron chi connectivity index (χ0n) is 12.2. The third kappa shape index (κ3) is 3.20. The largest absolute Gasteiger partial charge is 0.444 e. The highest BCUT2D eigenvalue weighted by Gasteiger charge is 2.36. The zero-order chi connectivity index (χ0) is 14.8. The number of cyclic esters (lactones) is 1. The summed E-state index contributed by atoms with van der Waals surface area (Å²) in [7, 11) is 0. The Balaban J connectivity index is 1.51. The van der Waals surface area contributed by atoms with Gasteiger partial charge < -0.3 is 14.5 Å². The monoisotopic (exact) mass is 308 g/mol. The second-order valence-electron chi connectivity index (χ2n) is 5.71. The lowest BCUT2D eigenvalue weighted by Crippen LogP contribution is -2.47. The lowest BCUT2D eigenvalue weighted by atomic mass is 10.0. The van der Waals surface area contributed by atoms with E-state index in [0.29, 0.717) is 13.0 Å². The molecule has 3 rings (SSSR count). The Morgan fingerprint density at radius 3 is 2.76 bits per heavy atom. The minimum Gasteiger partial charge on any atom is -0.444 e. The van der Waals surface area contributed by atoms with Gasteiger partial charge in [-0.2, -0.15) is 0 Å². The van der Waals surface area contributed by atoms with E-state index < -0.39 is 0 Å². The number of piperidine rings is 1. The van der Waals surface area contributed by atoms with Gasteiger partial charge in [-0.15, -0.1) is 11.3 Å². The molecular weight excluding hydrogens is 288 g/mol. The van der Waals surface area contributed by atoms with E-state index in [1.165, 1.54) is 0 Å². The highest BCUT2D eigenvalue weighted by molar-refractivity contribution is 7.10. The molecule has 0 aromatic carbocycles. The Bertz CT molecular complexity index is 509. The molecule has 2 saturated heterocycles. The van der Waals surface area contributed by atoms with Gasteiger partial charge in [0.15, 0.2) is 0 Å². The van der Waals surface area contributed by atoms with Crippen molar-refractivity contribution in [2.75, 3.05) is 19.6 Å². The third-order valence-electron chi connectivity index (χ3n) is 4.15. The first-order valence-corrected chi connectivity index (χ1v) is 8.29. The first-order valence-electron chi connectivity index (χ1n) is 7.41. The van der Waals surface area contributed by atoms with Crippen molar-refractivity contribution in [1.29, 1.82) is 0 Å². The van der Waals surface area contributed by atoms with Crippen molar-refractivity contribution >= 4 is 23.3 Å². The molecule has 2 aliphatic rings. The lowest BCUT2D eigenvalue weighted by Gasteiger charge is -2.35. The first kappa shape index (κ1) is 14.4. The quantitative estimate of drug-likeness (QED) is 0.859. The summed E-state index contributed by atoms with van der Waals surface area (Å²) >= 11 is 1.62. The predicted molar refractivity (Wildman–Crippen MR) is 80.3 cm³/mol. The molecule has 6 heteroatoms. The topological polar surface area (TPSA) is 49.9 Å². The van der Waals surface area contributed by atoms with Gasteiger partial charge in [0.2, 0.25) is 5.91 Å². The Morgan fingerprint density at radius 1 is 1.43 bits per heavy atom. The Kier molecular flexibility index (Phi) is 4.14. The van der Waals surface area contributed by atoms with E-state index in [0.717, 1.165) is 30.8 Å². The van der Waals surface area contributed by atoms with Crippen molar-refractivity contribution in [3.05, 3.63) is 22.4 Å². The molecule has 3 heterocycles. The van der Waals surface area contributed by atoms with E-state index in [2.05, 4.69) is 0 Å². The van der Waals surface area contributed by atoms with E-state index in [9.17, 15) is 9.59 Å². The van der Waals surface area contributed by atoms with Crippen LogP contribution in [-0.2, 0) is 16.0 Å². The van der Waals surface area contributed by atoms with Crippen LogP contribution < -0.4 is 0 Å². The molecular formula is C15H20N2O3S. The number of carbonyl (C=O) groups is 2. The fourth-order valence-corrected chi connectivity index (χ4v) is 3.72. The van der Waals surface area contributed by atoms with Gasteiger partial charge in [0, 0.05) is 24.0 Å². The van der Waals surface area contributed by atoms with Crippen LogP contribution in [0.5, 0.6) is 0 Å². The van der Waals surface area contributed by atoms with Crippen LogP contribution >= 0.6 is 11.3 Å². The number of carbonyl (C=O) groups excluding carboxylic acids is 2. The van der Waals surface area contributed by atoms with Crippen molar-refractivity contribution in [3.8, 4) is 0 Å². The number of ether oxygens (including phenoxy) is 1. The van der Waals surface area contributed by atoms with E-state index in [1.807, 2.05) is 34.2 Å². The maximum atomic E-state index is 12.2. The van der Waals surface area contributed by atoms with E-state index >= 15 is 0 Å². The molecule has 1 atom stereocenters. The molecule has 5 nitrogen and oxygen atoms in total. The molecule has 0 bridgehead atoms. The zero-order valence-corrected chi connectivity index (χ0v) is 13.0. The Labute approximate surface area is 128 Å². The maximum absolute atomic E-state index is 12.2. The summed E-state index contributed by atoms with van der Waals surface area (Å²) in [5, 5.41) is 2.00. The smallest absolute Gasteiger partial charge is 0.410 e. The summed E-state index contributed by atoms with van der Waals surface area (Å²) in [4.78, 5) is 28.8. The average molecular weight is 308 g/mol. The molecule has 0 saturated carbocycles. The number of rotatable bonds is 3. The summed E-state index contributed by atoms with van der Waals surface area (Å²) < 4.78 is 5.18. The van der Waals surface area contributed by atoms with Crippen molar-refractivity contribution < 1.29 is 14.3 Å². The molecule has 2 amide bonds. The van der Waals surface area contributed by atoms with Crippen LogP contribution in [0, 0.1) is 0 Å². The molecule has 1 aromatic heterocycles. The molecule has 114 valence electrons. The molecule has 0 spiro atoms. The molecule has 2 aliphatic heterocycles. The molecule has 1 unspecified atom stereocenters. The average Bonchev–Trinajstić information content (AvgIpc) is 3.08. The van der Waals surface area contributed by atoms with Crippen LogP contribution in [0.3, 0.4) is 0 Å². The molecule has 1 aromatic rings. The van der Waals surface area contributed by atoms with E-state index in [1.54, 1.807) is 11.3 Å². The van der Waals surface area contributed by atoms with Gasteiger partial charge in [-0.3, -0.25) is 4.79 Å². The highest BCUT2D eigenvalue weighted by Crippen LogP contribution is 2.23. The molecule has 21 heavy (non-hydrogen) atoms. The van der Waals surface area contributed by atoms with Crippen molar-refractivity contribution in [3.63, 3.8) is 0 Å². The normalized spacial score (nSPS) is 23.5. The number of hydrogen-bond acceptors (Lipinski definition) is 4. The SMILES string of the molecule is CC1CN(C2CCN(C(=O)Cc3cccs3)CC2)C(=O)O1. The minimum absolute atomic E-state index is 0.0176. The number of thiophene rings is 1. The van der Waals surface area contributed by atoms with Gasteiger partial charge in [-0.25, -0.2) is 4.79 Å². The molecule has 0 N–H and O–H groups in total. The van der Waals surface area contributed by atoms with Gasteiger partial charge in [-0.1, -0.05) is 6.07 Å². The number of nitrogens with zero attached hydrogens (tertiary/aromatic N) is 2. The van der Waals surface area contributed by atoms with Crippen molar-refractivity contribution in [2.24, 2.45) is 0 Å². The molecule has 0 aliphatic carbocycles. The van der Waals surface area contributed by atoms with Crippen molar-refractivity contribution in [2.45, 2.75) is 38.3 Å². The van der Waals surface area contributed by atoms with Crippen LogP contribution in [-0.4, -0.2) is 53.6 Å². The Hall–Kier alpha value is -1.56. The molecule has 2 fully saturated rings. The standard InChI is InChI=1S/C15H20N2O3S/c1-11-10-17(15(19)20-11)12-4-6-16(7-5-12)14(18)9-13-3-2-8-21-13/h2-3,8,11-12H,4-7,9-10H2,1H3. The lowest BCUT2D eigenvalue weighted by molar-refractivity contribution is -0.131. The van der Waals surface area contributed by atoms with Gasteiger partial charge in [0.1, 0.15) is 6.10 Å².